The quantitative estimate of drug-likeness (QED) is 0.820. The predicted octanol–water partition coefficient (Wildman–Crippen LogP) is 0.581. The van der Waals surface area contributed by atoms with Gasteiger partial charge in [0.15, 0.2) is 5.65 Å². The normalized spacial score (nSPS) is 16.3. The molecule has 90 valence electrons. The van der Waals surface area contributed by atoms with Gasteiger partial charge in [-0.25, -0.2) is 4.98 Å². The average molecular weight is 254 g/mol. The summed E-state index contributed by atoms with van der Waals surface area (Å²) in [5.74, 6) is 0.437. The van der Waals surface area contributed by atoms with Gasteiger partial charge in [0.1, 0.15) is 5.82 Å². The summed E-state index contributed by atoms with van der Waals surface area (Å²) in [5, 5.41) is 6.84. The van der Waals surface area contributed by atoms with E-state index in [1.165, 1.54) is 0 Å². The van der Waals surface area contributed by atoms with Crippen molar-refractivity contribution in [3.8, 4) is 0 Å². The highest BCUT2D eigenvalue weighted by Crippen LogP contribution is 2.33. The second kappa shape index (κ2) is 3.97. The molecule has 3 N–H and O–H groups in total. The molecular weight excluding hydrogens is 242 g/mol. The zero-order valence-corrected chi connectivity index (χ0v) is 9.78. The fourth-order valence-corrected chi connectivity index (χ4v) is 1.53. The number of hydrogen-bond acceptors (Lipinski definition) is 4. The zero-order chi connectivity index (χ0) is 11.2. The molecule has 2 aromatic rings. The van der Waals surface area contributed by atoms with Crippen molar-refractivity contribution in [1.29, 1.82) is 0 Å². The lowest BCUT2D eigenvalue weighted by Gasteiger charge is -2.10. The minimum Gasteiger partial charge on any atom is -0.317 e. The lowest BCUT2D eigenvalue weighted by molar-refractivity contribution is -0.118. The number of carbonyl (C=O) groups excluding carboxylic acids is 1. The number of rotatable bonds is 2. The van der Waals surface area contributed by atoms with Crippen molar-refractivity contribution in [3.05, 3.63) is 24.5 Å². The molecule has 1 aliphatic carbocycles. The van der Waals surface area contributed by atoms with Gasteiger partial charge in [-0.2, -0.15) is 9.61 Å². The number of aromatic nitrogens is 3. The number of fused-ring (bicyclic) bond motifs is 1. The minimum absolute atomic E-state index is 0. The average Bonchev–Trinajstić information content (AvgIpc) is 2.85. The summed E-state index contributed by atoms with van der Waals surface area (Å²) in [5.41, 5.74) is 5.82. The smallest absolute Gasteiger partial charge is 0.245 e. The Morgan fingerprint density at radius 2 is 2.18 bits per heavy atom. The Labute approximate surface area is 104 Å². The molecule has 0 unspecified atom stereocenters. The summed E-state index contributed by atoms with van der Waals surface area (Å²) in [6.07, 6.45) is 4.74. The molecule has 7 heteroatoms. The van der Waals surface area contributed by atoms with Gasteiger partial charge < -0.3 is 11.1 Å². The largest absolute Gasteiger partial charge is 0.317 e. The van der Waals surface area contributed by atoms with Crippen molar-refractivity contribution in [2.24, 2.45) is 5.73 Å². The van der Waals surface area contributed by atoms with Crippen LogP contribution in [-0.2, 0) is 4.79 Å². The van der Waals surface area contributed by atoms with Crippen LogP contribution < -0.4 is 11.1 Å². The number of amides is 1. The van der Waals surface area contributed by atoms with E-state index in [2.05, 4.69) is 15.4 Å². The molecule has 0 saturated heterocycles. The summed E-state index contributed by atoms with van der Waals surface area (Å²) >= 11 is 0. The molecule has 0 atom stereocenters. The number of anilines is 1. The van der Waals surface area contributed by atoms with Gasteiger partial charge in [0, 0.05) is 12.3 Å². The highest BCUT2D eigenvalue weighted by molar-refractivity contribution is 5.99. The zero-order valence-electron chi connectivity index (χ0n) is 8.96. The highest BCUT2D eigenvalue weighted by Gasteiger charge is 2.46. The van der Waals surface area contributed by atoms with E-state index < -0.39 is 5.54 Å². The van der Waals surface area contributed by atoms with Gasteiger partial charge in [-0.15, -0.1) is 12.4 Å². The van der Waals surface area contributed by atoms with E-state index in [4.69, 9.17) is 5.73 Å². The first kappa shape index (κ1) is 11.8. The second-order valence-corrected chi connectivity index (χ2v) is 4.04. The van der Waals surface area contributed by atoms with E-state index >= 15 is 0 Å². The third kappa shape index (κ3) is 1.96. The summed E-state index contributed by atoms with van der Waals surface area (Å²) in [6, 6.07) is 3.47. The number of nitrogens with two attached hydrogens (primary N) is 1. The van der Waals surface area contributed by atoms with Crippen LogP contribution in [0.25, 0.3) is 5.65 Å². The van der Waals surface area contributed by atoms with Crippen LogP contribution in [0.2, 0.25) is 0 Å². The maximum atomic E-state index is 11.8. The van der Waals surface area contributed by atoms with Crippen molar-refractivity contribution in [2.45, 2.75) is 18.4 Å². The first-order valence-corrected chi connectivity index (χ1v) is 5.08. The van der Waals surface area contributed by atoms with E-state index in [0.29, 0.717) is 11.5 Å². The lowest BCUT2D eigenvalue weighted by atomic mass is 10.3. The number of hydrogen-bond donors (Lipinski definition) is 2. The van der Waals surface area contributed by atoms with Crippen molar-refractivity contribution in [3.63, 3.8) is 0 Å². The number of carbonyl (C=O) groups is 1. The maximum Gasteiger partial charge on any atom is 0.245 e. The van der Waals surface area contributed by atoms with Crippen LogP contribution in [0, 0.1) is 0 Å². The molecule has 1 amide bonds. The molecule has 17 heavy (non-hydrogen) atoms. The monoisotopic (exact) mass is 253 g/mol. The fourth-order valence-electron chi connectivity index (χ4n) is 1.53. The van der Waals surface area contributed by atoms with E-state index in [1.54, 1.807) is 29.0 Å². The van der Waals surface area contributed by atoms with Crippen LogP contribution in [0.5, 0.6) is 0 Å². The second-order valence-electron chi connectivity index (χ2n) is 4.04. The van der Waals surface area contributed by atoms with Crippen LogP contribution in [0.15, 0.2) is 24.5 Å². The Kier molecular flexibility index (Phi) is 2.76. The summed E-state index contributed by atoms with van der Waals surface area (Å²) < 4.78 is 1.57. The Balaban J connectivity index is 0.00000108. The van der Waals surface area contributed by atoms with E-state index in [-0.39, 0.29) is 18.3 Å². The summed E-state index contributed by atoms with van der Waals surface area (Å²) in [6.45, 7) is 0. The number of nitrogens with zero attached hydrogens (tertiary/aromatic N) is 3. The Morgan fingerprint density at radius 3 is 2.88 bits per heavy atom. The predicted molar refractivity (Wildman–Crippen MR) is 65.0 cm³/mol. The van der Waals surface area contributed by atoms with Gasteiger partial charge >= 0.3 is 0 Å². The standard InChI is InChI=1S/C10H11N5O.ClH/c11-10(3-4-10)9(16)14-8-1-5-12-7-2-6-13-15(7)8;/h1-2,5-6H,3-4,11H2,(H,14,16);1H. The third-order valence-electron chi connectivity index (χ3n) is 2.77. The van der Waals surface area contributed by atoms with Crippen molar-refractivity contribution in [1.82, 2.24) is 14.6 Å². The number of halogens is 1. The molecule has 0 aliphatic heterocycles. The van der Waals surface area contributed by atoms with Gasteiger partial charge in [-0.3, -0.25) is 4.79 Å². The van der Waals surface area contributed by atoms with Crippen LogP contribution in [0.3, 0.4) is 0 Å². The molecule has 0 bridgehead atoms. The van der Waals surface area contributed by atoms with E-state index in [0.717, 1.165) is 12.8 Å². The Bertz CT molecular complexity index is 563. The van der Waals surface area contributed by atoms with Gasteiger partial charge in [0.2, 0.25) is 5.91 Å². The van der Waals surface area contributed by atoms with Gasteiger partial charge in [-0.05, 0) is 18.9 Å². The van der Waals surface area contributed by atoms with Crippen molar-refractivity contribution >= 4 is 29.8 Å². The molecule has 2 aromatic heterocycles. The summed E-state index contributed by atoms with van der Waals surface area (Å²) in [4.78, 5) is 15.9. The molecule has 6 nitrogen and oxygen atoms in total. The molecular formula is C10H12ClN5O. The van der Waals surface area contributed by atoms with E-state index in [9.17, 15) is 4.79 Å². The first-order valence-electron chi connectivity index (χ1n) is 5.08. The molecule has 2 heterocycles. The SMILES string of the molecule is Cl.NC1(C(=O)Nc2ccnc3ccnn23)CC1. The fraction of sp³-hybridized carbons (Fsp3) is 0.300. The molecule has 1 aliphatic rings. The van der Waals surface area contributed by atoms with Crippen molar-refractivity contribution < 1.29 is 4.79 Å². The Hall–Kier alpha value is -1.66. The van der Waals surface area contributed by atoms with E-state index in [1.807, 2.05) is 0 Å². The topological polar surface area (TPSA) is 85.3 Å². The van der Waals surface area contributed by atoms with Crippen molar-refractivity contribution in [2.75, 3.05) is 5.32 Å². The third-order valence-corrected chi connectivity index (χ3v) is 2.77. The molecule has 1 saturated carbocycles. The molecule has 1 fully saturated rings. The first-order chi connectivity index (χ1) is 7.69. The lowest BCUT2D eigenvalue weighted by Crippen LogP contribution is -2.38. The van der Waals surface area contributed by atoms with Crippen LogP contribution in [-0.4, -0.2) is 26.0 Å². The van der Waals surface area contributed by atoms with Gasteiger partial charge in [0.25, 0.3) is 0 Å². The molecule has 0 aromatic carbocycles. The van der Waals surface area contributed by atoms with Crippen LogP contribution in [0.4, 0.5) is 5.82 Å². The molecule has 0 spiro atoms. The maximum absolute atomic E-state index is 11.8. The Morgan fingerprint density at radius 1 is 1.41 bits per heavy atom. The van der Waals surface area contributed by atoms with Gasteiger partial charge in [-0.1, -0.05) is 0 Å². The highest BCUT2D eigenvalue weighted by atomic mass is 35.5. The molecule has 3 rings (SSSR count). The van der Waals surface area contributed by atoms with Gasteiger partial charge in [0.05, 0.1) is 11.7 Å². The molecule has 0 radical (unpaired) electrons. The number of nitrogens with one attached hydrogen (secondary N) is 1. The summed E-state index contributed by atoms with van der Waals surface area (Å²) in [7, 11) is 0. The minimum atomic E-state index is -0.678. The van der Waals surface area contributed by atoms with Crippen LogP contribution >= 0.6 is 12.4 Å². The van der Waals surface area contributed by atoms with Crippen LogP contribution in [0.1, 0.15) is 12.8 Å².